The van der Waals surface area contributed by atoms with Crippen LogP contribution in [0.5, 0.6) is 0 Å². The first-order valence-electron chi connectivity index (χ1n) is 8.20. The van der Waals surface area contributed by atoms with E-state index in [1.807, 2.05) is 67.6 Å². The molecule has 0 unspecified atom stereocenters. The summed E-state index contributed by atoms with van der Waals surface area (Å²) in [5.41, 5.74) is 1.68. The van der Waals surface area contributed by atoms with Crippen LogP contribution in [0.1, 0.15) is 25.5 Å². The Morgan fingerprint density at radius 3 is 2.42 bits per heavy atom. The Morgan fingerprint density at radius 1 is 1.19 bits per heavy atom. The monoisotopic (exact) mass is 413 g/mol. The first-order chi connectivity index (χ1) is 12.5. The van der Waals surface area contributed by atoms with Crippen molar-refractivity contribution in [3.05, 3.63) is 76.0 Å². The van der Waals surface area contributed by atoms with E-state index < -0.39 is 5.97 Å². The number of ether oxygens (including phenoxy) is 1. The van der Waals surface area contributed by atoms with E-state index in [-0.39, 0.29) is 18.2 Å². The van der Waals surface area contributed by atoms with Crippen LogP contribution in [-0.2, 0) is 9.53 Å². The van der Waals surface area contributed by atoms with Gasteiger partial charge in [-0.3, -0.25) is 0 Å². The molecule has 0 heterocycles. The Kier molecular flexibility index (Phi) is 7.24. The maximum atomic E-state index is 12.2. The van der Waals surface area contributed by atoms with Crippen molar-refractivity contribution in [3.8, 4) is 6.07 Å². The molecule has 0 aliphatic rings. The predicted molar refractivity (Wildman–Crippen MR) is 105 cm³/mol. The molecule has 0 radical (unpaired) electrons. The van der Waals surface area contributed by atoms with Crippen molar-refractivity contribution in [1.29, 1.82) is 5.26 Å². The average Bonchev–Trinajstić information content (AvgIpc) is 2.65. The van der Waals surface area contributed by atoms with E-state index in [4.69, 9.17) is 4.74 Å². The van der Waals surface area contributed by atoms with Gasteiger partial charge >= 0.3 is 5.97 Å². The van der Waals surface area contributed by atoms with Crippen LogP contribution in [0.3, 0.4) is 0 Å². The molecule has 2 aromatic carbocycles. The molecule has 2 N–H and O–H groups in total. The molecule has 5 nitrogen and oxygen atoms in total. The fraction of sp³-hybridized carbons (Fsp3) is 0.200. The van der Waals surface area contributed by atoms with Crippen LogP contribution in [-0.4, -0.2) is 12.6 Å². The van der Waals surface area contributed by atoms with Gasteiger partial charge in [-0.1, -0.05) is 46.3 Å². The molecule has 0 fully saturated rings. The lowest BCUT2D eigenvalue weighted by Crippen LogP contribution is -2.27. The van der Waals surface area contributed by atoms with Gasteiger partial charge in [0.05, 0.1) is 6.61 Å². The number of rotatable bonds is 7. The molecule has 26 heavy (non-hydrogen) atoms. The number of carbonyl (C=O) groups is 1. The van der Waals surface area contributed by atoms with Gasteiger partial charge in [-0.25, -0.2) is 4.79 Å². The molecule has 134 valence electrons. The summed E-state index contributed by atoms with van der Waals surface area (Å²) < 4.78 is 5.95. The molecule has 0 aliphatic carbocycles. The van der Waals surface area contributed by atoms with E-state index in [1.54, 1.807) is 6.92 Å². The average molecular weight is 414 g/mol. The molecule has 0 saturated carbocycles. The van der Waals surface area contributed by atoms with Crippen LogP contribution >= 0.6 is 15.9 Å². The highest BCUT2D eigenvalue weighted by atomic mass is 79.9. The zero-order valence-electron chi connectivity index (χ0n) is 14.6. The van der Waals surface area contributed by atoms with Crippen molar-refractivity contribution in [1.82, 2.24) is 5.32 Å². The topological polar surface area (TPSA) is 74.2 Å². The number of anilines is 1. The van der Waals surface area contributed by atoms with E-state index in [0.29, 0.717) is 5.82 Å². The van der Waals surface area contributed by atoms with Crippen LogP contribution in [0.25, 0.3) is 0 Å². The van der Waals surface area contributed by atoms with Crippen molar-refractivity contribution < 1.29 is 9.53 Å². The normalized spacial score (nSPS) is 12.4. The Balaban J connectivity index is 2.35. The van der Waals surface area contributed by atoms with E-state index in [9.17, 15) is 10.1 Å². The highest BCUT2D eigenvalue weighted by molar-refractivity contribution is 9.10. The Labute approximate surface area is 161 Å². The molecule has 1 atom stereocenters. The molecular weight excluding hydrogens is 394 g/mol. The minimum atomic E-state index is -0.664. The number of nitrogens with one attached hydrogen (secondary N) is 2. The smallest absolute Gasteiger partial charge is 0.352 e. The summed E-state index contributed by atoms with van der Waals surface area (Å²) in [5.74, 6) is -0.355. The van der Waals surface area contributed by atoms with Gasteiger partial charge in [0.15, 0.2) is 5.57 Å². The third-order valence-corrected chi connectivity index (χ3v) is 4.14. The number of hydrogen-bond acceptors (Lipinski definition) is 5. The van der Waals surface area contributed by atoms with E-state index in [1.165, 1.54) is 0 Å². The minimum absolute atomic E-state index is 0.0995. The largest absolute Gasteiger partial charge is 0.462 e. The van der Waals surface area contributed by atoms with Crippen LogP contribution in [0.2, 0.25) is 0 Å². The quantitative estimate of drug-likeness (QED) is 0.396. The lowest BCUT2D eigenvalue weighted by Gasteiger charge is -2.21. The highest BCUT2D eigenvalue weighted by Gasteiger charge is 2.19. The van der Waals surface area contributed by atoms with Gasteiger partial charge in [0.25, 0.3) is 0 Å². The van der Waals surface area contributed by atoms with E-state index in [2.05, 4.69) is 26.6 Å². The van der Waals surface area contributed by atoms with E-state index in [0.717, 1.165) is 15.7 Å². The van der Waals surface area contributed by atoms with Crippen LogP contribution < -0.4 is 10.6 Å². The summed E-state index contributed by atoms with van der Waals surface area (Å²) in [5, 5.41) is 15.8. The summed E-state index contributed by atoms with van der Waals surface area (Å²) in [7, 11) is 0. The molecule has 6 heteroatoms. The third kappa shape index (κ3) is 5.36. The predicted octanol–water partition coefficient (Wildman–Crippen LogP) is 4.51. The standard InChI is InChI=1S/C20H20BrN3O2/c1-3-26-20(25)18(13-22)19(24-17-11-9-16(21)10-12-17)23-14(2)15-7-5-4-6-8-15/h4-12,14,23-24H,3H2,1-2H3/b19-18+/t14-/m0/s1. The number of benzene rings is 2. The molecule has 0 aliphatic heterocycles. The molecule has 0 amide bonds. The summed E-state index contributed by atoms with van der Waals surface area (Å²) in [4.78, 5) is 12.2. The van der Waals surface area contributed by atoms with Gasteiger partial charge < -0.3 is 15.4 Å². The zero-order valence-corrected chi connectivity index (χ0v) is 16.2. The summed E-state index contributed by atoms with van der Waals surface area (Å²) in [6.45, 7) is 3.86. The zero-order chi connectivity index (χ0) is 18.9. The van der Waals surface area contributed by atoms with Gasteiger partial charge in [0.2, 0.25) is 0 Å². The minimum Gasteiger partial charge on any atom is -0.462 e. The third-order valence-electron chi connectivity index (χ3n) is 3.62. The Bertz CT molecular complexity index is 811. The number of esters is 1. The second kappa shape index (κ2) is 9.64. The SMILES string of the molecule is CCOC(=O)/C(C#N)=C(/Nc1ccc(Br)cc1)N[C@@H](C)c1ccccc1. The first-order valence-corrected chi connectivity index (χ1v) is 9.00. The van der Waals surface area contributed by atoms with Crippen molar-refractivity contribution in [2.24, 2.45) is 0 Å². The van der Waals surface area contributed by atoms with Crippen molar-refractivity contribution in [2.75, 3.05) is 11.9 Å². The van der Waals surface area contributed by atoms with E-state index >= 15 is 0 Å². The Hall–Kier alpha value is -2.78. The summed E-state index contributed by atoms with van der Waals surface area (Å²) >= 11 is 3.39. The molecule has 0 spiro atoms. The second-order valence-electron chi connectivity index (χ2n) is 5.49. The van der Waals surface area contributed by atoms with Crippen molar-refractivity contribution in [2.45, 2.75) is 19.9 Å². The molecule has 0 saturated heterocycles. The van der Waals surface area contributed by atoms with Gasteiger partial charge in [-0.05, 0) is 43.7 Å². The molecule has 2 rings (SSSR count). The van der Waals surface area contributed by atoms with Gasteiger partial charge in [-0.2, -0.15) is 5.26 Å². The number of nitriles is 1. The number of hydrogen-bond donors (Lipinski definition) is 2. The first kappa shape index (κ1) is 19.5. The summed E-state index contributed by atoms with van der Waals surface area (Å²) in [6, 6.07) is 19.0. The van der Waals surface area contributed by atoms with Gasteiger partial charge in [0.1, 0.15) is 11.9 Å². The van der Waals surface area contributed by atoms with Crippen molar-refractivity contribution >= 4 is 27.6 Å². The second-order valence-corrected chi connectivity index (χ2v) is 6.41. The molecule has 0 bridgehead atoms. The summed E-state index contributed by atoms with van der Waals surface area (Å²) in [6.07, 6.45) is 0. The Morgan fingerprint density at radius 2 is 1.85 bits per heavy atom. The van der Waals surface area contributed by atoms with Crippen LogP contribution in [0.4, 0.5) is 5.69 Å². The lowest BCUT2D eigenvalue weighted by atomic mass is 10.1. The van der Waals surface area contributed by atoms with Crippen molar-refractivity contribution in [3.63, 3.8) is 0 Å². The maximum Gasteiger partial charge on any atom is 0.352 e. The molecular formula is C20H20BrN3O2. The van der Waals surface area contributed by atoms with Gasteiger partial charge in [-0.15, -0.1) is 0 Å². The molecule has 0 aromatic heterocycles. The highest BCUT2D eigenvalue weighted by Crippen LogP contribution is 2.19. The van der Waals surface area contributed by atoms with Gasteiger partial charge in [0, 0.05) is 16.2 Å². The molecule has 2 aromatic rings. The maximum absolute atomic E-state index is 12.2. The fourth-order valence-corrected chi connectivity index (χ4v) is 2.56. The number of carbonyl (C=O) groups excluding carboxylic acids is 1. The fourth-order valence-electron chi connectivity index (χ4n) is 2.30. The van der Waals surface area contributed by atoms with Crippen LogP contribution in [0, 0.1) is 11.3 Å². The number of halogens is 1. The number of nitrogens with zero attached hydrogens (tertiary/aromatic N) is 1. The lowest BCUT2D eigenvalue weighted by molar-refractivity contribution is -0.138. The van der Waals surface area contributed by atoms with Crippen LogP contribution in [0.15, 0.2) is 70.5 Å².